The Balaban J connectivity index is 2.21. The van der Waals surface area contributed by atoms with Gasteiger partial charge in [-0.1, -0.05) is 52.8 Å². The number of nitrogens with zero attached hydrogens (tertiary/aromatic N) is 2. The molecule has 0 N–H and O–H groups in total. The number of rotatable bonds is 11. The van der Waals surface area contributed by atoms with Gasteiger partial charge in [-0.15, -0.1) is 0 Å². The van der Waals surface area contributed by atoms with E-state index in [9.17, 15) is 33.6 Å². The Morgan fingerprint density at radius 2 is 1.33 bits per heavy atom. The molecule has 2 aromatic rings. The van der Waals surface area contributed by atoms with Crippen LogP contribution in [-0.4, -0.2) is 99.8 Å². The van der Waals surface area contributed by atoms with E-state index in [1.807, 2.05) is 0 Å². The highest BCUT2D eigenvalue weighted by atomic mass is 16.6. The third kappa shape index (κ3) is 11.3. The lowest BCUT2D eigenvalue weighted by Gasteiger charge is -2.41. The Hall–Kier alpha value is -6.26. The van der Waals surface area contributed by atoms with Crippen molar-refractivity contribution >= 4 is 47.6 Å². The van der Waals surface area contributed by atoms with Crippen LogP contribution in [-0.2, 0) is 61.9 Å². The van der Waals surface area contributed by atoms with Crippen LogP contribution >= 0.6 is 0 Å². The van der Waals surface area contributed by atoms with E-state index >= 15 is 4.79 Å². The van der Waals surface area contributed by atoms with Gasteiger partial charge in [-0.25, -0.2) is 9.59 Å². The zero-order valence-electron chi connectivity index (χ0n) is 35.8. The first-order valence-corrected chi connectivity index (χ1v) is 19.6. The Kier molecular flexibility index (Phi) is 15.1. The van der Waals surface area contributed by atoms with E-state index in [0.717, 1.165) is 27.7 Å². The first-order chi connectivity index (χ1) is 28.5. The summed E-state index contributed by atoms with van der Waals surface area (Å²) in [5, 5.41) is 0. The quantitative estimate of drug-likeness (QED) is 0.170. The van der Waals surface area contributed by atoms with Crippen molar-refractivity contribution in [1.82, 2.24) is 9.97 Å². The molecule has 4 rings (SSSR count). The maximum absolute atomic E-state index is 15.1. The highest BCUT2D eigenvalue weighted by molar-refractivity contribution is 5.94. The van der Waals surface area contributed by atoms with Crippen LogP contribution in [0.1, 0.15) is 96.4 Å². The fraction of sp³-hybridized carbons (Fsp3) is 0.500. The molecular formula is C44H52N2O15. The predicted octanol–water partition coefficient (Wildman–Crippen LogP) is 4.66. The van der Waals surface area contributed by atoms with Gasteiger partial charge in [0.05, 0.1) is 23.0 Å². The van der Waals surface area contributed by atoms with Crippen LogP contribution in [0.15, 0.2) is 72.9 Å². The average Bonchev–Trinajstić information content (AvgIpc) is 3.39. The number of Topliss-reactive ketones (excluding diaryl/α,β-unsaturated/α-hetero) is 1. The molecule has 0 bridgehead atoms. The largest absolute Gasteiger partial charge is 0.461 e. The highest BCUT2D eigenvalue weighted by Crippen LogP contribution is 2.52. The first kappa shape index (κ1) is 47.4. The minimum Gasteiger partial charge on any atom is -0.461 e. The molecule has 17 nitrogen and oxygen atoms in total. The molecule has 2 aliphatic carbocycles. The Morgan fingerprint density at radius 3 is 1.82 bits per heavy atom. The number of allylic oxidation sites excluding steroid dienone is 1. The molecule has 1 saturated carbocycles. The number of fused-ring (bicyclic) bond motifs is 1. The lowest BCUT2D eigenvalue weighted by molar-refractivity contribution is -0.178. The topological polar surface area (TPSA) is 227 Å². The molecule has 0 amide bonds. The van der Waals surface area contributed by atoms with Crippen LogP contribution in [0.25, 0.3) is 0 Å². The summed E-state index contributed by atoms with van der Waals surface area (Å²) in [5.41, 5.74) is -5.77. The summed E-state index contributed by atoms with van der Waals surface area (Å²) in [6.07, 6.45) is 2.27. The van der Waals surface area contributed by atoms with Crippen LogP contribution in [0.2, 0.25) is 0 Å². The van der Waals surface area contributed by atoms with Gasteiger partial charge in [0.1, 0.15) is 6.61 Å². The molecular weight excluding hydrogens is 796 g/mol. The van der Waals surface area contributed by atoms with Gasteiger partial charge in [0.25, 0.3) is 0 Å². The number of hydrogen-bond donors (Lipinski definition) is 0. The molecule has 0 aliphatic heterocycles. The van der Waals surface area contributed by atoms with E-state index in [4.69, 9.17) is 33.2 Å². The number of carbonyl (C=O) groups excluding carboxylic acids is 8. The summed E-state index contributed by atoms with van der Waals surface area (Å²) < 4.78 is 41.9. The monoisotopic (exact) mass is 848 g/mol. The molecule has 0 unspecified atom stereocenters. The number of pyridine rings is 2. The summed E-state index contributed by atoms with van der Waals surface area (Å²) in [7, 11) is 0. The summed E-state index contributed by atoms with van der Waals surface area (Å²) in [4.78, 5) is 116. The standard InChI is InChI=1S/C44H52N2O15/c1-24(2)39(52)57-34-32(22-55-26(4)47)19-33-37(56-27(5)48)43(10,60-28(6)49)23-44(33,61-29(7)50)36(51)25(3)15-16-42(8,9)38(59-41(54)31-14-12-18-46-21-31)35(34)58-40(53)30-13-11-17-45-20-30/h11-21,24-25,33-35,37-38H,22-23H2,1-10H3/t25-,33+,34-,35-,37-,38-,43-,44-/m0/s1. The highest BCUT2D eigenvalue weighted by Gasteiger charge is 2.68. The van der Waals surface area contributed by atoms with Crippen molar-refractivity contribution < 1.29 is 71.5 Å². The summed E-state index contributed by atoms with van der Waals surface area (Å²) in [5.74, 6) is -10.5. The van der Waals surface area contributed by atoms with Crippen LogP contribution in [0, 0.1) is 23.2 Å². The van der Waals surface area contributed by atoms with Crippen molar-refractivity contribution in [3.63, 3.8) is 0 Å². The van der Waals surface area contributed by atoms with E-state index in [1.54, 1.807) is 13.8 Å². The van der Waals surface area contributed by atoms with Crippen molar-refractivity contribution in [1.29, 1.82) is 0 Å². The minimum atomic E-state index is -2.27. The van der Waals surface area contributed by atoms with Gasteiger partial charge in [0.15, 0.2) is 41.4 Å². The van der Waals surface area contributed by atoms with Crippen LogP contribution in [0.3, 0.4) is 0 Å². The second-order valence-electron chi connectivity index (χ2n) is 16.2. The van der Waals surface area contributed by atoms with Gasteiger partial charge < -0.3 is 33.2 Å². The first-order valence-electron chi connectivity index (χ1n) is 19.6. The molecule has 0 aromatic carbocycles. The Morgan fingerprint density at radius 1 is 0.754 bits per heavy atom. The van der Waals surface area contributed by atoms with E-state index in [0.29, 0.717) is 0 Å². The molecule has 8 atom stereocenters. The van der Waals surface area contributed by atoms with Gasteiger partial charge in [0, 0.05) is 75.8 Å². The van der Waals surface area contributed by atoms with Crippen molar-refractivity contribution in [2.24, 2.45) is 23.2 Å². The number of aromatic nitrogens is 2. The number of carbonyl (C=O) groups is 8. The molecule has 328 valence electrons. The van der Waals surface area contributed by atoms with Crippen LogP contribution in [0.5, 0.6) is 0 Å². The lowest BCUT2D eigenvalue weighted by Crippen LogP contribution is -2.54. The van der Waals surface area contributed by atoms with Crippen LogP contribution < -0.4 is 0 Å². The number of ether oxygens (including phenoxy) is 7. The molecule has 2 heterocycles. The van der Waals surface area contributed by atoms with E-state index in [2.05, 4.69) is 9.97 Å². The zero-order valence-corrected chi connectivity index (χ0v) is 35.8. The van der Waals surface area contributed by atoms with Gasteiger partial charge in [-0.2, -0.15) is 0 Å². The van der Waals surface area contributed by atoms with Crippen LogP contribution in [0.4, 0.5) is 0 Å². The van der Waals surface area contributed by atoms with Gasteiger partial charge in [-0.05, 0) is 31.2 Å². The summed E-state index contributed by atoms with van der Waals surface area (Å²) in [6, 6.07) is 5.84. The minimum absolute atomic E-state index is 0.00628. The molecule has 0 spiro atoms. The predicted molar refractivity (Wildman–Crippen MR) is 212 cm³/mol. The number of ketones is 1. The van der Waals surface area contributed by atoms with Gasteiger partial charge in [0.2, 0.25) is 0 Å². The molecule has 17 heteroatoms. The molecule has 0 saturated heterocycles. The normalized spacial score (nSPS) is 27.1. The zero-order chi connectivity index (χ0) is 45.4. The molecule has 2 aliphatic rings. The SMILES string of the molecule is CC(=O)OCC1=C[C@@H]2[C@H](OC(C)=O)[C@@](C)(OC(C)=O)C[C@@]2(OC(C)=O)C(=O)[C@@H](C)C=CC(C)(C)[C@@H](OC(=O)c2cccnc2)[C@@H](OC(=O)c2cccnc2)[C@H]1OC(=O)C(C)C. The van der Waals surface area contributed by atoms with Gasteiger partial charge >= 0.3 is 41.8 Å². The van der Waals surface area contributed by atoms with Crippen molar-refractivity contribution in [3.8, 4) is 0 Å². The van der Waals surface area contributed by atoms with Gasteiger partial charge in [-0.3, -0.25) is 38.7 Å². The van der Waals surface area contributed by atoms with E-state index in [1.165, 1.54) is 95.0 Å². The molecule has 2 aromatic heterocycles. The maximum atomic E-state index is 15.1. The van der Waals surface area contributed by atoms with Crippen molar-refractivity contribution in [2.45, 2.75) is 111 Å². The summed E-state index contributed by atoms with van der Waals surface area (Å²) >= 11 is 0. The average molecular weight is 849 g/mol. The molecule has 61 heavy (non-hydrogen) atoms. The third-order valence-electron chi connectivity index (χ3n) is 10.2. The van der Waals surface area contributed by atoms with E-state index in [-0.39, 0.29) is 16.7 Å². The molecule has 0 radical (unpaired) electrons. The Labute approximate surface area is 353 Å². The van der Waals surface area contributed by atoms with E-state index < -0.39 is 119 Å². The second-order valence-corrected chi connectivity index (χ2v) is 16.2. The molecule has 1 fully saturated rings. The fourth-order valence-corrected chi connectivity index (χ4v) is 7.53. The number of esters is 7. The third-order valence-corrected chi connectivity index (χ3v) is 10.2. The lowest BCUT2D eigenvalue weighted by atomic mass is 9.75. The Bertz CT molecular complexity index is 2060. The van der Waals surface area contributed by atoms with Crippen molar-refractivity contribution in [2.75, 3.05) is 6.61 Å². The maximum Gasteiger partial charge on any atom is 0.340 e. The summed E-state index contributed by atoms with van der Waals surface area (Å²) in [6.45, 7) is 12.8. The van der Waals surface area contributed by atoms with Crippen molar-refractivity contribution in [3.05, 3.63) is 84.0 Å². The number of hydrogen-bond acceptors (Lipinski definition) is 17. The smallest absolute Gasteiger partial charge is 0.340 e. The second kappa shape index (κ2) is 19.4. The fourth-order valence-electron chi connectivity index (χ4n) is 7.53.